The first-order valence-electron chi connectivity index (χ1n) is 10.3. The van der Waals surface area contributed by atoms with Crippen molar-refractivity contribution in [2.75, 3.05) is 6.26 Å². The van der Waals surface area contributed by atoms with E-state index in [2.05, 4.69) is 0 Å². The van der Waals surface area contributed by atoms with E-state index in [0.29, 0.717) is 6.42 Å². The monoisotopic (exact) mass is 460 g/mol. The summed E-state index contributed by atoms with van der Waals surface area (Å²) in [6.45, 7) is 4.52. The average molecular weight is 461 g/mol. The van der Waals surface area contributed by atoms with E-state index in [0.717, 1.165) is 22.3 Å². The van der Waals surface area contributed by atoms with Crippen LogP contribution in [0.3, 0.4) is 0 Å². The van der Waals surface area contributed by atoms with Gasteiger partial charge in [0.2, 0.25) is 0 Å². The van der Waals surface area contributed by atoms with Crippen molar-refractivity contribution in [2.45, 2.75) is 57.0 Å². The standard InChI is InChI=1S/C24H28O7S/c1-13-5-8-17(12-18(13)11-16-6-9-19(27)10-7-16)21-22(29-14(2)25)20(28)23(30-15(3)26)24(31-21)32-4/h5-10,12,20-24,27-28H,11H2,1-4H3. The van der Waals surface area contributed by atoms with E-state index in [9.17, 15) is 19.8 Å². The van der Waals surface area contributed by atoms with Crippen molar-refractivity contribution in [3.8, 4) is 5.75 Å². The number of rotatable bonds is 6. The number of hydrogen-bond acceptors (Lipinski definition) is 8. The lowest BCUT2D eigenvalue weighted by Crippen LogP contribution is -2.55. The number of hydrogen-bond donors (Lipinski definition) is 2. The van der Waals surface area contributed by atoms with Crippen LogP contribution in [0.5, 0.6) is 5.75 Å². The number of carbonyl (C=O) groups is 2. The van der Waals surface area contributed by atoms with Crippen LogP contribution in [-0.4, -0.2) is 52.2 Å². The number of phenols is 1. The zero-order valence-electron chi connectivity index (χ0n) is 18.5. The smallest absolute Gasteiger partial charge is 0.303 e. The molecule has 2 aromatic carbocycles. The van der Waals surface area contributed by atoms with Gasteiger partial charge < -0.3 is 24.4 Å². The highest BCUT2D eigenvalue weighted by Gasteiger charge is 2.49. The van der Waals surface area contributed by atoms with Crippen molar-refractivity contribution in [1.82, 2.24) is 0 Å². The molecule has 5 atom stereocenters. The van der Waals surface area contributed by atoms with E-state index in [-0.39, 0.29) is 5.75 Å². The van der Waals surface area contributed by atoms with Crippen LogP contribution < -0.4 is 0 Å². The summed E-state index contributed by atoms with van der Waals surface area (Å²) in [6, 6.07) is 12.8. The minimum absolute atomic E-state index is 0.207. The van der Waals surface area contributed by atoms with Gasteiger partial charge in [0.25, 0.3) is 0 Å². The molecule has 2 N–H and O–H groups in total. The molecule has 0 amide bonds. The van der Waals surface area contributed by atoms with Crippen LogP contribution in [0, 0.1) is 6.92 Å². The summed E-state index contributed by atoms with van der Waals surface area (Å²) in [5, 5.41) is 20.5. The van der Waals surface area contributed by atoms with Gasteiger partial charge >= 0.3 is 11.9 Å². The highest BCUT2D eigenvalue weighted by molar-refractivity contribution is 7.99. The Morgan fingerprint density at radius 3 is 2.25 bits per heavy atom. The van der Waals surface area contributed by atoms with E-state index >= 15 is 0 Å². The fourth-order valence-electron chi connectivity index (χ4n) is 3.82. The number of thioether (sulfide) groups is 1. The summed E-state index contributed by atoms with van der Waals surface area (Å²) in [4.78, 5) is 23.3. The Labute approximate surface area is 191 Å². The number of carbonyl (C=O) groups excluding carboxylic acids is 2. The van der Waals surface area contributed by atoms with Crippen molar-refractivity contribution < 1.29 is 34.0 Å². The summed E-state index contributed by atoms with van der Waals surface area (Å²) >= 11 is 1.31. The van der Waals surface area contributed by atoms with Crippen LogP contribution >= 0.6 is 11.8 Å². The van der Waals surface area contributed by atoms with Crippen LogP contribution in [0.15, 0.2) is 42.5 Å². The van der Waals surface area contributed by atoms with Crippen molar-refractivity contribution in [1.29, 1.82) is 0 Å². The predicted octanol–water partition coefficient (Wildman–Crippen LogP) is 3.28. The normalized spacial score (nSPS) is 25.2. The SMILES string of the molecule is CSC1OC(c2ccc(C)c(Cc3ccc(O)cc3)c2)C(OC(C)=O)C(O)C1OC(C)=O. The molecule has 2 aromatic rings. The van der Waals surface area contributed by atoms with E-state index in [1.165, 1.54) is 25.6 Å². The van der Waals surface area contributed by atoms with Gasteiger partial charge in [0.1, 0.15) is 23.4 Å². The molecule has 1 fully saturated rings. The van der Waals surface area contributed by atoms with Crippen molar-refractivity contribution in [2.24, 2.45) is 0 Å². The Kier molecular flexibility index (Phi) is 7.82. The maximum Gasteiger partial charge on any atom is 0.303 e. The number of benzene rings is 2. The zero-order chi connectivity index (χ0) is 23.4. The summed E-state index contributed by atoms with van der Waals surface area (Å²) in [6.07, 6.45) is -1.56. The maximum absolute atomic E-state index is 11.8. The molecule has 32 heavy (non-hydrogen) atoms. The van der Waals surface area contributed by atoms with Crippen LogP contribution in [-0.2, 0) is 30.2 Å². The van der Waals surface area contributed by atoms with E-state index in [1.807, 2.05) is 37.3 Å². The second-order valence-corrected chi connectivity index (χ2v) is 8.76. The van der Waals surface area contributed by atoms with E-state index < -0.39 is 41.8 Å². The van der Waals surface area contributed by atoms with E-state index in [1.54, 1.807) is 18.4 Å². The van der Waals surface area contributed by atoms with Gasteiger partial charge in [-0.1, -0.05) is 30.3 Å². The minimum Gasteiger partial charge on any atom is -0.508 e. The van der Waals surface area contributed by atoms with Gasteiger partial charge in [0, 0.05) is 13.8 Å². The van der Waals surface area contributed by atoms with Gasteiger partial charge in [-0.3, -0.25) is 9.59 Å². The lowest BCUT2D eigenvalue weighted by atomic mass is 9.90. The van der Waals surface area contributed by atoms with Gasteiger partial charge in [0.15, 0.2) is 12.2 Å². The third-order valence-corrected chi connectivity index (χ3v) is 6.23. The number of aliphatic hydroxyl groups is 1. The fourth-order valence-corrected chi connectivity index (χ4v) is 4.53. The number of aliphatic hydroxyl groups excluding tert-OH is 1. The molecule has 172 valence electrons. The summed E-state index contributed by atoms with van der Waals surface area (Å²) in [5.41, 5.74) is 3.25. The lowest BCUT2D eigenvalue weighted by molar-refractivity contribution is -0.224. The first kappa shape index (κ1) is 24.1. The number of aromatic hydroxyl groups is 1. The molecule has 0 aromatic heterocycles. The summed E-state index contributed by atoms with van der Waals surface area (Å²) in [7, 11) is 0. The molecular formula is C24H28O7S. The summed E-state index contributed by atoms with van der Waals surface area (Å²) < 4.78 is 16.9. The highest BCUT2D eigenvalue weighted by Crippen LogP contribution is 2.39. The van der Waals surface area contributed by atoms with Crippen LogP contribution in [0.2, 0.25) is 0 Å². The van der Waals surface area contributed by atoms with Gasteiger partial charge in [-0.2, -0.15) is 0 Å². The highest BCUT2D eigenvalue weighted by atomic mass is 32.2. The van der Waals surface area contributed by atoms with Crippen molar-refractivity contribution in [3.63, 3.8) is 0 Å². The second kappa shape index (κ2) is 10.4. The van der Waals surface area contributed by atoms with Crippen LogP contribution in [0.4, 0.5) is 0 Å². The Hall–Kier alpha value is -2.55. The average Bonchev–Trinajstić information content (AvgIpc) is 2.74. The molecule has 1 aliphatic heterocycles. The van der Waals surface area contributed by atoms with Crippen LogP contribution in [0.25, 0.3) is 0 Å². The Morgan fingerprint density at radius 2 is 1.66 bits per heavy atom. The molecule has 3 rings (SSSR count). The third-order valence-electron chi connectivity index (χ3n) is 5.39. The largest absolute Gasteiger partial charge is 0.508 e. The maximum atomic E-state index is 11.8. The number of phenolic OH excluding ortho intramolecular Hbond substituents is 1. The molecule has 1 saturated heterocycles. The zero-order valence-corrected chi connectivity index (χ0v) is 19.3. The Bertz CT molecular complexity index is 959. The third kappa shape index (κ3) is 5.62. The second-order valence-electron chi connectivity index (χ2n) is 7.83. The molecule has 7 nitrogen and oxygen atoms in total. The molecule has 0 saturated carbocycles. The molecule has 5 unspecified atom stereocenters. The molecule has 0 radical (unpaired) electrons. The molecular weight excluding hydrogens is 432 g/mol. The molecule has 1 heterocycles. The first-order chi connectivity index (χ1) is 15.2. The molecule has 0 bridgehead atoms. The van der Waals surface area contributed by atoms with E-state index in [4.69, 9.17) is 14.2 Å². The van der Waals surface area contributed by atoms with Gasteiger partial charge in [0.05, 0.1) is 0 Å². The van der Waals surface area contributed by atoms with Gasteiger partial charge in [-0.15, -0.1) is 11.8 Å². The Balaban J connectivity index is 1.95. The lowest BCUT2D eigenvalue weighted by Gasteiger charge is -2.43. The molecule has 1 aliphatic rings. The van der Waals surface area contributed by atoms with Crippen molar-refractivity contribution >= 4 is 23.7 Å². The molecule has 8 heteroatoms. The fraction of sp³-hybridized carbons (Fsp3) is 0.417. The number of ether oxygens (including phenoxy) is 3. The van der Waals surface area contributed by atoms with Gasteiger partial charge in [-0.25, -0.2) is 0 Å². The van der Waals surface area contributed by atoms with Crippen LogP contribution in [0.1, 0.15) is 42.2 Å². The quantitative estimate of drug-likeness (QED) is 0.634. The topological polar surface area (TPSA) is 102 Å². The molecule has 0 aliphatic carbocycles. The minimum atomic E-state index is -1.25. The molecule has 0 spiro atoms. The van der Waals surface area contributed by atoms with Crippen molar-refractivity contribution in [3.05, 3.63) is 64.7 Å². The number of esters is 2. The van der Waals surface area contributed by atoms with Gasteiger partial charge in [-0.05, 0) is 54.0 Å². The Morgan fingerprint density at radius 1 is 1.03 bits per heavy atom. The summed E-state index contributed by atoms with van der Waals surface area (Å²) in [5.74, 6) is -0.912. The first-order valence-corrected chi connectivity index (χ1v) is 11.6. The predicted molar refractivity (Wildman–Crippen MR) is 120 cm³/mol. The number of aryl methyl sites for hydroxylation is 1.